The highest BCUT2D eigenvalue weighted by Crippen LogP contribution is 2.33. The highest BCUT2D eigenvalue weighted by Gasteiger charge is 2.24. The molecule has 0 aliphatic carbocycles. The van der Waals surface area contributed by atoms with Crippen LogP contribution in [0.3, 0.4) is 0 Å². The molecule has 1 aliphatic heterocycles. The van der Waals surface area contributed by atoms with Gasteiger partial charge in [-0.2, -0.15) is 0 Å². The van der Waals surface area contributed by atoms with Crippen LogP contribution < -0.4 is 19.5 Å². The van der Waals surface area contributed by atoms with E-state index in [2.05, 4.69) is 10.3 Å². The summed E-state index contributed by atoms with van der Waals surface area (Å²) in [5.74, 6) is 1.72. The van der Waals surface area contributed by atoms with Crippen molar-refractivity contribution in [2.75, 3.05) is 13.2 Å². The van der Waals surface area contributed by atoms with Crippen molar-refractivity contribution in [2.45, 2.75) is 20.5 Å². The summed E-state index contributed by atoms with van der Waals surface area (Å²) in [5.41, 5.74) is 2.34. The molecule has 3 aromatic carbocycles. The van der Waals surface area contributed by atoms with Gasteiger partial charge in [-0.3, -0.25) is 4.79 Å². The van der Waals surface area contributed by atoms with Crippen LogP contribution in [0.1, 0.15) is 25.0 Å². The number of hydrogen-bond donors (Lipinski definition) is 1. The Morgan fingerprint density at radius 1 is 0.917 bits per heavy atom. The first-order chi connectivity index (χ1) is 17.4. The van der Waals surface area contributed by atoms with Crippen LogP contribution in [0.5, 0.6) is 17.2 Å². The van der Waals surface area contributed by atoms with Crippen molar-refractivity contribution < 1.29 is 19.0 Å². The Kier molecular flexibility index (Phi) is 8.80. The van der Waals surface area contributed by atoms with Gasteiger partial charge < -0.3 is 19.5 Å². The topological polar surface area (TPSA) is 69.2 Å². The molecule has 0 atom stereocenters. The smallest absolute Gasteiger partial charge is 0.264 e. The van der Waals surface area contributed by atoms with Crippen LogP contribution in [0.2, 0.25) is 10.0 Å². The SMILES string of the molecule is CCOc1ccc(N=C2NC(=O)/C(=C/c3ccc(OCc4ccc(Cl)cc4Cl)c(OCC)c3)S2)cc1. The number of benzene rings is 3. The summed E-state index contributed by atoms with van der Waals surface area (Å²) in [4.78, 5) is 17.6. The quantitative estimate of drug-likeness (QED) is 0.288. The monoisotopic (exact) mass is 542 g/mol. The number of hydrogen-bond acceptors (Lipinski definition) is 6. The van der Waals surface area contributed by atoms with E-state index in [9.17, 15) is 4.79 Å². The summed E-state index contributed by atoms with van der Waals surface area (Å²) >= 11 is 13.5. The van der Waals surface area contributed by atoms with Crippen LogP contribution in [0.25, 0.3) is 6.08 Å². The average molecular weight is 543 g/mol. The summed E-state index contributed by atoms with van der Waals surface area (Å²) in [7, 11) is 0. The molecule has 0 spiro atoms. The van der Waals surface area contributed by atoms with Gasteiger partial charge in [0.15, 0.2) is 16.7 Å². The average Bonchev–Trinajstić information content (AvgIpc) is 3.19. The van der Waals surface area contributed by atoms with Gasteiger partial charge in [0, 0.05) is 15.6 Å². The number of rotatable bonds is 9. The van der Waals surface area contributed by atoms with Crippen LogP contribution in [0.15, 0.2) is 70.6 Å². The first-order valence-electron chi connectivity index (χ1n) is 11.3. The molecular formula is C27H24Cl2N2O4S. The third-order valence-corrected chi connectivity index (χ3v) is 6.49. The zero-order valence-corrected chi connectivity index (χ0v) is 22.0. The molecule has 4 rings (SSSR count). The van der Waals surface area contributed by atoms with Crippen molar-refractivity contribution in [3.05, 3.63) is 86.7 Å². The van der Waals surface area contributed by atoms with E-state index in [4.69, 9.17) is 37.4 Å². The lowest BCUT2D eigenvalue weighted by Gasteiger charge is -2.13. The Balaban J connectivity index is 1.48. The van der Waals surface area contributed by atoms with Crippen molar-refractivity contribution in [1.82, 2.24) is 5.32 Å². The first kappa shape index (κ1) is 25.9. The minimum Gasteiger partial charge on any atom is -0.494 e. The Hall–Kier alpha value is -3.13. The number of aliphatic imine (C=N–C) groups is 1. The molecular weight excluding hydrogens is 519 g/mol. The van der Waals surface area contributed by atoms with E-state index in [0.29, 0.717) is 44.8 Å². The van der Waals surface area contributed by atoms with Gasteiger partial charge in [0.05, 0.1) is 23.8 Å². The van der Waals surface area contributed by atoms with E-state index in [1.807, 2.05) is 62.4 Å². The standard InChI is InChI=1S/C27H24Cl2N2O4S/c1-3-33-21-10-8-20(9-11-21)30-27-31-26(32)25(36-27)14-17-5-12-23(24(13-17)34-4-2)35-16-18-6-7-19(28)15-22(18)29/h5-15H,3-4,16H2,1-2H3,(H,30,31,32)/b25-14-. The molecule has 9 heteroatoms. The van der Waals surface area contributed by atoms with Gasteiger partial charge in [-0.05, 0) is 85.8 Å². The lowest BCUT2D eigenvalue weighted by molar-refractivity contribution is -0.115. The molecule has 0 unspecified atom stereocenters. The number of thioether (sulfide) groups is 1. The molecule has 1 amide bonds. The van der Waals surface area contributed by atoms with Crippen molar-refractivity contribution in [3.8, 4) is 17.2 Å². The van der Waals surface area contributed by atoms with Crippen LogP contribution >= 0.6 is 35.0 Å². The normalized spacial score (nSPS) is 15.3. The zero-order valence-electron chi connectivity index (χ0n) is 19.7. The van der Waals surface area contributed by atoms with Gasteiger partial charge >= 0.3 is 0 Å². The molecule has 6 nitrogen and oxygen atoms in total. The molecule has 0 aromatic heterocycles. The molecule has 1 heterocycles. The molecule has 186 valence electrons. The lowest BCUT2D eigenvalue weighted by atomic mass is 10.2. The van der Waals surface area contributed by atoms with Gasteiger partial charge in [0.2, 0.25) is 0 Å². The highest BCUT2D eigenvalue weighted by molar-refractivity contribution is 8.18. The maximum Gasteiger partial charge on any atom is 0.264 e. The third-order valence-electron chi connectivity index (χ3n) is 4.99. The summed E-state index contributed by atoms with van der Waals surface area (Å²) in [5, 5.41) is 4.43. The lowest BCUT2D eigenvalue weighted by Crippen LogP contribution is -2.19. The molecule has 0 radical (unpaired) electrons. The van der Waals surface area contributed by atoms with E-state index in [1.165, 1.54) is 11.8 Å². The van der Waals surface area contributed by atoms with Gasteiger partial charge in [-0.1, -0.05) is 35.3 Å². The van der Waals surface area contributed by atoms with Crippen molar-refractivity contribution in [3.63, 3.8) is 0 Å². The van der Waals surface area contributed by atoms with Crippen LogP contribution in [0, 0.1) is 0 Å². The van der Waals surface area contributed by atoms with Gasteiger partial charge in [0.25, 0.3) is 5.91 Å². The molecule has 0 saturated carbocycles. The second-order valence-corrected chi connectivity index (χ2v) is 9.45. The summed E-state index contributed by atoms with van der Waals surface area (Å²) in [6.45, 7) is 5.16. The van der Waals surface area contributed by atoms with E-state index in [1.54, 1.807) is 18.2 Å². The van der Waals surface area contributed by atoms with E-state index in [0.717, 1.165) is 22.6 Å². The number of nitrogens with one attached hydrogen (secondary N) is 1. The number of ether oxygens (including phenoxy) is 3. The fraction of sp³-hybridized carbons (Fsp3) is 0.185. The van der Waals surface area contributed by atoms with Gasteiger partial charge in [0.1, 0.15) is 12.4 Å². The predicted octanol–water partition coefficient (Wildman–Crippen LogP) is 7.26. The van der Waals surface area contributed by atoms with Crippen molar-refractivity contribution in [1.29, 1.82) is 0 Å². The zero-order chi connectivity index (χ0) is 25.5. The molecule has 0 bridgehead atoms. The second-order valence-electron chi connectivity index (χ2n) is 7.57. The minimum atomic E-state index is -0.208. The Morgan fingerprint density at radius 2 is 1.69 bits per heavy atom. The summed E-state index contributed by atoms with van der Waals surface area (Å²) in [6, 6.07) is 18.2. The number of nitrogens with zero attached hydrogens (tertiary/aromatic N) is 1. The Bertz CT molecular complexity index is 1310. The Labute approximate surface area is 224 Å². The number of amides is 1. The number of amidine groups is 1. The van der Waals surface area contributed by atoms with Crippen LogP contribution in [0.4, 0.5) is 5.69 Å². The summed E-state index contributed by atoms with van der Waals surface area (Å²) < 4.78 is 17.2. The number of carbonyl (C=O) groups excluding carboxylic acids is 1. The highest BCUT2D eigenvalue weighted by atomic mass is 35.5. The fourth-order valence-corrected chi connectivity index (χ4v) is 4.63. The van der Waals surface area contributed by atoms with Crippen LogP contribution in [-0.4, -0.2) is 24.3 Å². The minimum absolute atomic E-state index is 0.208. The molecule has 1 fully saturated rings. The number of carbonyl (C=O) groups is 1. The molecule has 36 heavy (non-hydrogen) atoms. The predicted molar refractivity (Wildman–Crippen MR) is 147 cm³/mol. The largest absolute Gasteiger partial charge is 0.494 e. The second kappa shape index (κ2) is 12.2. The maximum absolute atomic E-state index is 12.5. The fourth-order valence-electron chi connectivity index (χ4n) is 3.33. The number of halogens is 2. The molecule has 1 N–H and O–H groups in total. The summed E-state index contributed by atoms with van der Waals surface area (Å²) in [6.07, 6.45) is 1.79. The van der Waals surface area contributed by atoms with E-state index in [-0.39, 0.29) is 12.5 Å². The van der Waals surface area contributed by atoms with E-state index < -0.39 is 0 Å². The van der Waals surface area contributed by atoms with Gasteiger partial charge in [-0.15, -0.1) is 0 Å². The Morgan fingerprint density at radius 3 is 2.42 bits per heavy atom. The van der Waals surface area contributed by atoms with Crippen molar-refractivity contribution >= 4 is 57.8 Å². The first-order valence-corrected chi connectivity index (χ1v) is 12.9. The molecule has 1 saturated heterocycles. The molecule has 3 aromatic rings. The third kappa shape index (κ3) is 6.75. The van der Waals surface area contributed by atoms with Crippen molar-refractivity contribution in [2.24, 2.45) is 4.99 Å². The van der Waals surface area contributed by atoms with E-state index >= 15 is 0 Å². The van der Waals surface area contributed by atoms with Gasteiger partial charge in [-0.25, -0.2) is 4.99 Å². The van der Waals surface area contributed by atoms with Crippen LogP contribution in [-0.2, 0) is 11.4 Å². The maximum atomic E-state index is 12.5. The molecule has 1 aliphatic rings.